The van der Waals surface area contributed by atoms with Gasteiger partial charge in [0.25, 0.3) is 15.9 Å². The van der Waals surface area contributed by atoms with E-state index in [0.717, 1.165) is 13.5 Å². The third kappa shape index (κ3) is 3.64. The molecule has 1 aromatic rings. The fourth-order valence-electron chi connectivity index (χ4n) is 1.80. The van der Waals surface area contributed by atoms with Crippen LogP contribution in [0.15, 0.2) is 47.0 Å². The van der Waals surface area contributed by atoms with Crippen LogP contribution in [0, 0.1) is 0 Å². The Bertz CT molecular complexity index is 693. The molecule has 0 radical (unpaired) electrons. The van der Waals surface area contributed by atoms with E-state index in [4.69, 9.17) is 0 Å². The summed E-state index contributed by atoms with van der Waals surface area (Å²) in [5.41, 5.74) is -0.346. The normalized spacial score (nSPS) is 15.0. The Kier molecular flexibility index (Phi) is 4.81. The van der Waals surface area contributed by atoms with Gasteiger partial charge in [0, 0.05) is 19.3 Å². The number of rotatable bonds is 5. The molecule has 0 aromatic heterocycles. The third-order valence-electron chi connectivity index (χ3n) is 3.13. The zero-order valence-electron chi connectivity index (χ0n) is 12.0. The Hall–Kier alpha value is -2.35. The average molecular weight is 324 g/mol. The van der Waals surface area contributed by atoms with Gasteiger partial charge in [0.2, 0.25) is 0 Å². The predicted octanol–water partition coefficient (Wildman–Crippen LogP) is 0.254. The number of benzene rings is 1. The maximum Gasteiger partial charge on any atom is 0.345 e. The number of hydrogen-bond acceptors (Lipinski definition) is 6. The number of amides is 1. The van der Waals surface area contributed by atoms with E-state index in [-0.39, 0.29) is 10.5 Å². The number of methoxy groups -OCH3 is 1. The van der Waals surface area contributed by atoms with E-state index in [2.05, 4.69) is 4.74 Å². The minimum Gasteiger partial charge on any atom is -0.465 e. The monoisotopic (exact) mass is 324 g/mol. The first-order valence-corrected chi connectivity index (χ1v) is 8.09. The number of esters is 1. The van der Waals surface area contributed by atoms with Crippen LogP contribution in [0.5, 0.6) is 0 Å². The Morgan fingerprint density at radius 2 is 1.86 bits per heavy atom. The van der Waals surface area contributed by atoms with Gasteiger partial charge in [-0.15, -0.1) is 0 Å². The van der Waals surface area contributed by atoms with Crippen molar-refractivity contribution in [3.05, 3.63) is 42.1 Å². The van der Waals surface area contributed by atoms with E-state index in [1.54, 1.807) is 11.0 Å². The average Bonchev–Trinajstić information content (AvgIpc) is 2.45. The summed E-state index contributed by atoms with van der Waals surface area (Å²) >= 11 is 0. The van der Waals surface area contributed by atoms with Gasteiger partial charge in [-0.1, -0.05) is 18.2 Å². The summed E-state index contributed by atoms with van der Waals surface area (Å²) in [5.74, 6) is -1.89. The third-order valence-corrected chi connectivity index (χ3v) is 4.48. The lowest BCUT2D eigenvalue weighted by Gasteiger charge is -2.29. The highest BCUT2D eigenvalue weighted by molar-refractivity contribution is 7.90. The van der Waals surface area contributed by atoms with Crippen LogP contribution >= 0.6 is 0 Å². The van der Waals surface area contributed by atoms with E-state index in [0.29, 0.717) is 13.1 Å². The molecule has 0 bridgehead atoms. The van der Waals surface area contributed by atoms with Crippen molar-refractivity contribution in [3.8, 4) is 0 Å². The van der Waals surface area contributed by atoms with Crippen molar-refractivity contribution in [2.75, 3.05) is 20.2 Å². The van der Waals surface area contributed by atoms with E-state index in [1.807, 2.05) is 4.72 Å². The molecule has 118 valence electrons. The number of nitrogens with zero attached hydrogens (tertiary/aromatic N) is 1. The molecule has 1 amide bonds. The molecular weight excluding hydrogens is 308 g/mol. The summed E-state index contributed by atoms with van der Waals surface area (Å²) in [6.45, 7) is 1.42. The largest absolute Gasteiger partial charge is 0.465 e. The number of hydrogen-bond donors (Lipinski definition) is 1. The fourth-order valence-corrected chi connectivity index (χ4v) is 2.79. The van der Waals surface area contributed by atoms with Crippen molar-refractivity contribution in [3.63, 3.8) is 0 Å². The quantitative estimate of drug-likeness (QED) is 0.361. The van der Waals surface area contributed by atoms with Crippen LogP contribution in [-0.4, -0.2) is 45.4 Å². The van der Waals surface area contributed by atoms with Gasteiger partial charge in [0.15, 0.2) is 0 Å². The molecule has 1 aliphatic heterocycles. The van der Waals surface area contributed by atoms with Gasteiger partial charge < -0.3 is 9.64 Å². The van der Waals surface area contributed by atoms with Crippen molar-refractivity contribution >= 4 is 21.9 Å². The van der Waals surface area contributed by atoms with E-state index in [9.17, 15) is 18.0 Å². The number of carbonyl (C=O) groups excluding carboxylic acids is 2. The van der Waals surface area contributed by atoms with Crippen molar-refractivity contribution in [1.29, 1.82) is 0 Å². The molecule has 7 nitrogen and oxygen atoms in total. The zero-order chi connectivity index (χ0) is 16.2. The molecule has 1 N–H and O–H groups in total. The molecule has 1 heterocycles. The molecule has 2 rings (SSSR count). The van der Waals surface area contributed by atoms with Crippen LogP contribution in [0.1, 0.15) is 6.42 Å². The summed E-state index contributed by atoms with van der Waals surface area (Å²) in [6.07, 6.45) is 2.28. The van der Waals surface area contributed by atoms with Gasteiger partial charge in [-0.25, -0.2) is 17.9 Å². The molecule has 1 fully saturated rings. The lowest BCUT2D eigenvalue weighted by atomic mass is 10.2. The van der Waals surface area contributed by atoms with Gasteiger partial charge >= 0.3 is 5.97 Å². The fraction of sp³-hybridized carbons (Fsp3) is 0.286. The van der Waals surface area contributed by atoms with Crippen LogP contribution in [0.3, 0.4) is 0 Å². The van der Waals surface area contributed by atoms with Crippen molar-refractivity contribution in [2.45, 2.75) is 11.3 Å². The molecule has 1 aliphatic rings. The SMILES string of the molecule is COC(=O)/C(=C/N1CCC1)C(=O)NS(=O)(=O)c1ccccc1. The standard InChI is InChI=1S/C14H16N2O5S/c1-21-14(18)12(10-16-8-5-9-16)13(17)15-22(19,20)11-6-3-2-4-7-11/h2-4,6-7,10H,5,8-9H2,1H3,(H,15,17)/b12-10+. The summed E-state index contributed by atoms with van der Waals surface area (Å²) in [7, 11) is -2.91. The first-order valence-electron chi connectivity index (χ1n) is 6.60. The topological polar surface area (TPSA) is 92.8 Å². The first-order chi connectivity index (χ1) is 10.4. The van der Waals surface area contributed by atoms with Gasteiger partial charge in [-0.05, 0) is 18.6 Å². The molecule has 1 saturated heterocycles. The molecule has 0 saturated carbocycles. The maximum absolute atomic E-state index is 12.1. The van der Waals surface area contributed by atoms with Crippen molar-refractivity contribution in [2.24, 2.45) is 0 Å². The molecule has 0 unspecified atom stereocenters. The first kappa shape index (κ1) is 16.0. The molecule has 0 atom stereocenters. The van der Waals surface area contributed by atoms with Gasteiger partial charge in [0.1, 0.15) is 5.57 Å². The molecule has 22 heavy (non-hydrogen) atoms. The van der Waals surface area contributed by atoms with Crippen LogP contribution in [0.2, 0.25) is 0 Å². The maximum atomic E-state index is 12.1. The van der Waals surface area contributed by atoms with E-state index in [1.165, 1.54) is 30.5 Å². The lowest BCUT2D eigenvalue weighted by Crippen LogP contribution is -2.38. The van der Waals surface area contributed by atoms with Crippen LogP contribution in [0.4, 0.5) is 0 Å². The highest BCUT2D eigenvalue weighted by Gasteiger charge is 2.26. The minimum atomic E-state index is -4.04. The highest BCUT2D eigenvalue weighted by atomic mass is 32.2. The second-order valence-corrected chi connectivity index (χ2v) is 6.35. The molecular formula is C14H16N2O5S. The molecule has 1 aromatic carbocycles. The number of ether oxygens (including phenoxy) is 1. The minimum absolute atomic E-state index is 0.0588. The van der Waals surface area contributed by atoms with Crippen molar-refractivity contribution < 1.29 is 22.7 Å². The van der Waals surface area contributed by atoms with Crippen LogP contribution in [-0.2, 0) is 24.3 Å². The van der Waals surface area contributed by atoms with E-state index < -0.39 is 21.9 Å². The summed E-state index contributed by atoms with van der Waals surface area (Å²) in [4.78, 5) is 25.5. The highest BCUT2D eigenvalue weighted by Crippen LogP contribution is 2.12. The van der Waals surface area contributed by atoms with Gasteiger partial charge in [0.05, 0.1) is 12.0 Å². The van der Waals surface area contributed by atoms with Crippen LogP contribution in [0.25, 0.3) is 0 Å². The summed E-state index contributed by atoms with van der Waals surface area (Å²) < 4.78 is 30.6. The number of carbonyl (C=O) groups is 2. The summed E-state index contributed by atoms with van der Waals surface area (Å²) in [5, 5.41) is 0. The van der Waals surface area contributed by atoms with Gasteiger partial charge in [-0.3, -0.25) is 4.79 Å². The molecule has 0 aliphatic carbocycles. The zero-order valence-corrected chi connectivity index (χ0v) is 12.8. The summed E-state index contributed by atoms with van der Waals surface area (Å²) in [6, 6.07) is 7.44. The molecule has 0 spiro atoms. The van der Waals surface area contributed by atoms with Gasteiger partial charge in [-0.2, -0.15) is 0 Å². The van der Waals surface area contributed by atoms with Crippen molar-refractivity contribution in [1.82, 2.24) is 9.62 Å². The number of likely N-dealkylation sites (tertiary alicyclic amines) is 1. The van der Waals surface area contributed by atoms with Crippen LogP contribution < -0.4 is 4.72 Å². The number of sulfonamides is 1. The Morgan fingerprint density at radius 3 is 2.36 bits per heavy atom. The lowest BCUT2D eigenvalue weighted by molar-refractivity contribution is -0.138. The second kappa shape index (κ2) is 6.61. The Balaban J connectivity index is 2.21. The van der Waals surface area contributed by atoms with E-state index >= 15 is 0 Å². The number of nitrogens with one attached hydrogen (secondary N) is 1. The predicted molar refractivity (Wildman–Crippen MR) is 78.1 cm³/mol. The smallest absolute Gasteiger partial charge is 0.345 e. The second-order valence-electron chi connectivity index (χ2n) is 4.67. The molecule has 8 heteroatoms. The Labute approximate surface area is 128 Å². The Morgan fingerprint density at radius 1 is 1.23 bits per heavy atom.